The number of hydrogen-bond acceptors (Lipinski definition) is 5. The second-order valence-corrected chi connectivity index (χ2v) is 8.43. The van der Waals surface area contributed by atoms with Crippen molar-refractivity contribution in [1.82, 2.24) is 0 Å². The monoisotopic (exact) mass is 391 g/mol. The van der Waals surface area contributed by atoms with Gasteiger partial charge in [0.1, 0.15) is 16.4 Å². The van der Waals surface area contributed by atoms with Gasteiger partial charge in [-0.05, 0) is 41.1 Å². The summed E-state index contributed by atoms with van der Waals surface area (Å²) in [5.74, 6) is 0.961. The number of rotatable bonds is 5. The van der Waals surface area contributed by atoms with E-state index in [1.54, 1.807) is 31.2 Å². The van der Waals surface area contributed by atoms with Gasteiger partial charge in [-0.25, -0.2) is 8.42 Å². The molecule has 1 N–H and O–H groups in total. The molecule has 114 valence electrons. The first-order valence-corrected chi connectivity index (χ1v) is 8.97. The van der Waals surface area contributed by atoms with E-state index in [4.69, 9.17) is 9.47 Å². The first kappa shape index (κ1) is 16.1. The van der Waals surface area contributed by atoms with Crippen LogP contribution < -0.4 is 14.2 Å². The molecule has 0 unspecified atom stereocenters. The molecule has 2 aromatic rings. The molecule has 0 atom stereocenters. The Hall–Kier alpha value is -1.25. The van der Waals surface area contributed by atoms with Crippen molar-refractivity contribution in [3.8, 4) is 11.5 Å². The van der Waals surface area contributed by atoms with Crippen molar-refractivity contribution < 1.29 is 17.9 Å². The van der Waals surface area contributed by atoms with Crippen LogP contribution in [0.3, 0.4) is 0 Å². The second kappa shape index (κ2) is 6.25. The lowest BCUT2D eigenvalue weighted by molar-refractivity contribution is 0.405. The Kier molecular flexibility index (Phi) is 4.80. The van der Waals surface area contributed by atoms with Crippen LogP contribution in [0.25, 0.3) is 0 Å². The number of thiophene rings is 1. The van der Waals surface area contributed by atoms with Crippen LogP contribution in [0.4, 0.5) is 5.69 Å². The largest absolute Gasteiger partial charge is 0.497 e. The molecule has 21 heavy (non-hydrogen) atoms. The van der Waals surface area contributed by atoms with Crippen LogP contribution >= 0.6 is 27.3 Å². The molecule has 1 aromatic heterocycles. The minimum atomic E-state index is -3.69. The normalized spacial score (nSPS) is 11.2. The van der Waals surface area contributed by atoms with E-state index >= 15 is 0 Å². The van der Waals surface area contributed by atoms with Gasteiger partial charge in [0.05, 0.1) is 23.7 Å². The molecule has 2 rings (SSSR count). The zero-order chi connectivity index (χ0) is 15.6. The van der Waals surface area contributed by atoms with E-state index in [2.05, 4.69) is 20.7 Å². The quantitative estimate of drug-likeness (QED) is 0.844. The summed E-state index contributed by atoms with van der Waals surface area (Å²) in [6, 6.07) is 6.50. The molecule has 0 aliphatic carbocycles. The highest BCUT2D eigenvalue weighted by Gasteiger charge is 2.21. The number of hydrogen-bond donors (Lipinski definition) is 1. The van der Waals surface area contributed by atoms with Crippen LogP contribution in [-0.2, 0) is 10.0 Å². The minimum absolute atomic E-state index is 0.240. The zero-order valence-electron chi connectivity index (χ0n) is 11.6. The van der Waals surface area contributed by atoms with Crippen LogP contribution in [0.1, 0.15) is 4.88 Å². The predicted octanol–water partition coefficient (Wildman–Crippen LogP) is 3.64. The molecule has 0 saturated heterocycles. The lowest BCUT2D eigenvalue weighted by Crippen LogP contribution is -2.13. The van der Waals surface area contributed by atoms with Gasteiger partial charge in [-0.15, -0.1) is 11.3 Å². The Morgan fingerprint density at radius 2 is 1.90 bits per heavy atom. The summed E-state index contributed by atoms with van der Waals surface area (Å²) in [7, 11) is -0.694. The molecular weight excluding hydrogens is 378 g/mol. The summed E-state index contributed by atoms with van der Waals surface area (Å²) in [5.41, 5.74) is 0.332. The summed E-state index contributed by atoms with van der Waals surface area (Å²) < 4.78 is 38.5. The molecule has 0 aliphatic rings. The molecule has 8 heteroatoms. The summed E-state index contributed by atoms with van der Waals surface area (Å²) in [6.07, 6.45) is 0. The van der Waals surface area contributed by atoms with E-state index in [0.717, 1.165) is 3.79 Å². The molecule has 0 spiro atoms. The summed E-state index contributed by atoms with van der Waals surface area (Å²) in [6.45, 7) is 1.76. The van der Waals surface area contributed by atoms with Crippen molar-refractivity contribution in [3.05, 3.63) is 32.9 Å². The summed E-state index contributed by atoms with van der Waals surface area (Å²) in [5, 5.41) is 0. The van der Waals surface area contributed by atoms with E-state index in [1.165, 1.54) is 25.6 Å². The highest BCUT2D eigenvalue weighted by molar-refractivity contribution is 9.11. The van der Waals surface area contributed by atoms with E-state index in [-0.39, 0.29) is 4.90 Å². The molecule has 0 fully saturated rings. The third-order valence-electron chi connectivity index (χ3n) is 2.78. The fourth-order valence-electron chi connectivity index (χ4n) is 1.79. The number of halogens is 1. The van der Waals surface area contributed by atoms with E-state index in [9.17, 15) is 8.42 Å². The van der Waals surface area contributed by atoms with Gasteiger partial charge >= 0.3 is 0 Å². The van der Waals surface area contributed by atoms with E-state index < -0.39 is 10.0 Å². The molecule has 1 aromatic carbocycles. The fraction of sp³-hybridized carbons (Fsp3) is 0.231. The van der Waals surface area contributed by atoms with Gasteiger partial charge in [-0.2, -0.15) is 0 Å². The third kappa shape index (κ3) is 3.50. The molecule has 0 aliphatic heterocycles. The Balaban J connectivity index is 2.43. The van der Waals surface area contributed by atoms with Crippen LogP contribution in [0, 0.1) is 6.92 Å². The average molecular weight is 392 g/mol. The van der Waals surface area contributed by atoms with Crippen LogP contribution in [-0.4, -0.2) is 22.6 Å². The Labute approximate surface area is 136 Å². The van der Waals surface area contributed by atoms with Crippen molar-refractivity contribution in [2.24, 2.45) is 0 Å². The fourth-order valence-corrected chi connectivity index (χ4v) is 5.27. The Morgan fingerprint density at radius 3 is 2.43 bits per heavy atom. The molecule has 1 heterocycles. The number of aryl methyl sites for hydroxylation is 1. The maximum atomic E-state index is 12.5. The Morgan fingerprint density at radius 1 is 1.19 bits per heavy atom. The lowest BCUT2D eigenvalue weighted by Gasteiger charge is -2.13. The maximum absolute atomic E-state index is 12.5. The standard InChI is InChI=1S/C13H14BrNO4S2/c1-8-12(7-13(14)20-8)21(16,17)15-10-6-9(18-2)4-5-11(10)19-3/h4-7,15H,1-3H3. The maximum Gasteiger partial charge on any atom is 0.263 e. The van der Waals surface area contributed by atoms with Gasteiger partial charge in [0.15, 0.2) is 0 Å². The SMILES string of the molecule is COc1ccc(OC)c(NS(=O)(=O)c2cc(Br)sc2C)c1. The van der Waals surface area contributed by atoms with Gasteiger partial charge in [0.2, 0.25) is 0 Å². The number of ether oxygens (including phenoxy) is 2. The number of nitrogens with one attached hydrogen (secondary N) is 1. The molecule has 0 amide bonds. The minimum Gasteiger partial charge on any atom is -0.497 e. The predicted molar refractivity (Wildman–Crippen MR) is 87.1 cm³/mol. The number of anilines is 1. The molecule has 0 bridgehead atoms. The summed E-state index contributed by atoms with van der Waals surface area (Å²) >= 11 is 4.66. The number of sulfonamides is 1. The first-order chi connectivity index (χ1) is 9.87. The second-order valence-electron chi connectivity index (χ2n) is 4.14. The highest BCUT2D eigenvalue weighted by atomic mass is 79.9. The van der Waals surface area contributed by atoms with Gasteiger partial charge in [-0.3, -0.25) is 4.72 Å². The van der Waals surface area contributed by atoms with Crippen molar-refractivity contribution in [2.45, 2.75) is 11.8 Å². The highest BCUT2D eigenvalue weighted by Crippen LogP contribution is 2.34. The van der Waals surface area contributed by atoms with Gasteiger partial charge < -0.3 is 9.47 Å². The van der Waals surface area contributed by atoms with Gasteiger partial charge in [0.25, 0.3) is 10.0 Å². The Bertz CT molecular complexity index is 756. The molecular formula is C13H14BrNO4S2. The molecule has 0 saturated carbocycles. The van der Waals surface area contributed by atoms with Crippen molar-refractivity contribution >= 4 is 43.0 Å². The first-order valence-electron chi connectivity index (χ1n) is 5.88. The van der Waals surface area contributed by atoms with Gasteiger partial charge in [-0.1, -0.05) is 0 Å². The molecule has 0 radical (unpaired) electrons. The smallest absolute Gasteiger partial charge is 0.263 e. The third-order valence-corrected chi connectivity index (χ3v) is 5.96. The number of benzene rings is 1. The van der Waals surface area contributed by atoms with E-state index in [1.807, 2.05) is 0 Å². The van der Waals surface area contributed by atoms with Crippen LogP contribution in [0.15, 0.2) is 32.9 Å². The van der Waals surface area contributed by atoms with Crippen molar-refractivity contribution in [1.29, 1.82) is 0 Å². The van der Waals surface area contributed by atoms with Crippen LogP contribution in [0.5, 0.6) is 11.5 Å². The molecule has 5 nitrogen and oxygen atoms in total. The van der Waals surface area contributed by atoms with Gasteiger partial charge in [0, 0.05) is 10.9 Å². The average Bonchev–Trinajstić information content (AvgIpc) is 2.78. The lowest BCUT2D eigenvalue weighted by atomic mass is 10.3. The van der Waals surface area contributed by atoms with Crippen LogP contribution in [0.2, 0.25) is 0 Å². The summed E-state index contributed by atoms with van der Waals surface area (Å²) in [4.78, 5) is 0.945. The topological polar surface area (TPSA) is 64.6 Å². The van der Waals surface area contributed by atoms with Crippen molar-refractivity contribution in [2.75, 3.05) is 18.9 Å². The zero-order valence-corrected chi connectivity index (χ0v) is 14.9. The number of methoxy groups -OCH3 is 2. The van der Waals surface area contributed by atoms with E-state index in [0.29, 0.717) is 22.1 Å². The van der Waals surface area contributed by atoms with Crippen molar-refractivity contribution in [3.63, 3.8) is 0 Å².